The molecule has 1 aromatic rings. The summed E-state index contributed by atoms with van der Waals surface area (Å²) >= 11 is 0. The molecular weight excluding hydrogens is 219 g/mol. The summed E-state index contributed by atoms with van der Waals surface area (Å²) in [6.45, 7) is 1.14. The van der Waals surface area contributed by atoms with Crippen molar-refractivity contribution in [3.8, 4) is 5.75 Å². The Labute approximate surface area is 90.2 Å². The summed E-state index contributed by atoms with van der Waals surface area (Å²) in [5.74, 6) is 0.463. The van der Waals surface area contributed by atoms with Crippen LogP contribution in [-0.4, -0.2) is 20.2 Å². The average Bonchev–Trinajstić information content (AvgIpc) is 2.17. The van der Waals surface area contributed by atoms with Gasteiger partial charge in [-0.1, -0.05) is 21.4 Å². The minimum atomic E-state index is -2.90. The normalized spacial score (nSPS) is 11.5. The first-order valence-corrected chi connectivity index (χ1v) is 5.16. The zero-order valence-electron chi connectivity index (χ0n) is 8.47. The lowest BCUT2D eigenvalue weighted by Crippen LogP contribution is -2.16. The van der Waals surface area contributed by atoms with Crippen molar-refractivity contribution in [1.82, 2.24) is 5.32 Å². The van der Waals surface area contributed by atoms with Crippen LogP contribution >= 0.6 is 9.24 Å². The molecule has 5 heteroatoms. The van der Waals surface area contributed by atoms with E-state index in [1.165, 1.54) is 21.4 Å². The summed E-state index contributed by atoms with van der Waals surface area (Å²) in [6, 6.07) is 5.94. The Morgan fingerprint density at radius 1 is 1.47 bits per heavy atom. The van der Waals surface area contributed by atoms with Crippen LogP contribution < -0.4 is 10.1 Å². The predicted molar refractivity (Wildman–Crippen MR) is 59.5 cm³/mol. The molecular formula is C10H14F2NOP. The molecule has 0 spiro atoms. The second-order valence-electron chi connectivity index (χ2n) is 3.10. The van der Waals surface area contributed by atoms with E-state index in [2.05, 4.69) is 5.32 Å². The summed E-state index contributed by atoms with van der Waals surface area (Å²) in [5, 5.41) is 2.91. The molecule has 0 heterocycles. The maximum absolute atomic E-state index is 12.9. The topological polar surface area (TPSA) is 21.3 Å². The monoisotopic (exact) mass is 233 g/mol. The molecule has 0 aliphatic carbocycles. The van der Waals surface area contributed by atoms with E-state index in [1.54, 1.807) is 19.2 Å². The van der Waals surface area contributed by atoms with Crippen LogP contribution in [0.5, 0.6) is 5.75 Å². The van der Waals surface area contributed by atoms with E-state index in [-0.39, 0.29) is 5.56 Å². The Bertz CT molecular complexity index is 315. The fourth-order valence-corrected chi connectivity index (χ4v) is 1.24. The van der Waals surface area contributed by atoms with Gasteiger partial charge in [-0.2, -0.15) is 8.78 Å². The quantitative estimate of drug-likeness (QED) is 0.622. The van der Waals surface area contributed by atoms with Gasteiger partial charge in [0.1, 0.15) is 12.4 Å². The van der Waals surface area contributed by atoms with Crippen molar-refractivity contribution in [2.75, 3.05) is 20.2 Å². The summed E-state index contributed by atoms with van der Waals surface area (Å²) < 4.78 is 31.1. The Kier molecular flexibility index (Phi) is 4.43. The van der Waals surface area contributed by atoms with Crippen molar-refractivity contribution >= 4 is 9.24 Å². The fraction of sp³-hybridized carbons (Fsp3) is 0.400. The zero-order valence-corrected chi connectivity index (χ0v) is 9.62. The van der Waals surface area contributed by atoms with Gasteiger partial charge in [0.05, 0.1) is 0 Å². The van der Waals surface area contributed by atoms with Gasteiger partial charge in [-0.25, -0.2) is 0 Å². The lowest BCUT2D eigenvalue weighted by molar-refractivity contribution is 0.103. The first kappa shape index (κ1) is 12.3. The van der Waals surface area contributed by atoms with Gasteiger partial charge in [0.15, 0.2) is 0 Å². The van der Waals surface area contributed by atoms with Gasteiger partial charge in [0.2, 0.25) is 0 Å². The van der Waals surface area contributed by atoms with Crippen molar-refractivity contribution in [3.05, 3.63) is 29.8 Å². The number of ether oxygens (including phenoxy) is 1. The summed E-state index contributed by atoms with van der Waals surface area (Å²) in [5.41, 5.74) is -2.96. The molecule has 0 aromatic heterocycles. The Morgan fingerprint density at radius 2 is 2.20 bits per heavy atom. The van der Waals surface area contributed by atoms with Crippen LogP contribution in [0, 0.1) is 0 Å². The highest BCUT2D eigenvalue weighted by atomic mass is 31.0. The standard InChI is InChI=1S/C10H14F2NOP/c1-13-5-6-14-9-4-2-3-8(7-9)10(11,12)15/h2-4,7,13H,5-6,15H2,1H3. The number of rotatable bonds is 5. The van der Waals surface area contributed by atoms with Crippen molar-refractivity contribution in [3.63, 3.8) is 0 Å². The Hall–Kier alpha value is -0.730. The highest BCUT2D eigenvalue weighted by Gasteiger charge is 2.24. The molecule has 0 saturated carbocycles. The first-order chi connectivity index (χ1) is 7.04. The van der Waals surface area contributed by atoms with Crippen LogP contribution in [0.15, 0.2) is 24.3 Å². The van der Waals surface area contributed by atoms with Crippen LogP contribution in [0.1, 0.15) is 5.56 Å². The van der Waals surface area contributed by atoms with Gasteiger partial charge in [-0.15, -0.1) is 0 Å². The maximum Gasteiger partial charge on any atom is 0.284 e. The maximum atomic E-state index is 12.9. The summed E-state index contributed by atoms with van der Waals surface area (Å²) in [6.07, 6.45) is 0. The van der Waals surface area contributed by atoms with Gasteiger partial charge in [-0.3, -0.25) is 0 Å². The van der Waals surface area contributed by atoms with E-state index in [4.69, 9.17) is 4.74 Å². The molecule has 0 aliphatic heterocycles. The smallest absolute Gasteiger partial charge is 0.284 e. The number of hydrogen-bond acceptors (Lipinski definition) is 2. The van der Waals surface area contributed by atoms with Crippen LogP contribution in [0.25, 0.3) is 0 Å². The second kappa shape index (κ2) is 5.38. The molecule has 0 aliphatic rings. The zero-order chi connectivity index (χ0) is 11.3. The van der Waals surface area contributed by atoms with Crippen LogP contribution in [0.2, 0.25) is 0 Å². The van der Waals surface area contributed by atoms with Crippen molar-refractivity contribution in [1.29, 1.82) is 0 Å². The molecule has 1 aromatic carbocycles. The van der Waals surface area contributed by atoms with Gasteiger partial charge < -0.3 is 10.1 Å². The van der Waals surface area contributed by atoms with Crippen molar-refractivity contribution in [2.24, 2.45) is 0 Å². The second-order valence-corrected chi connectivity index (χ2v) is 3.83. The molecule has 1 N–H and O–H groups in total. The SMILES string of the molecule is CNCCOc1cccc(C(F)(F)P)c1. The number of halogens is 2. The molecule has 1 atom stereocenters. The molecule has 2 nitrogen and oxygen atoms in total. The largest absolute Gasteiger partial charge is 0.492 e. The number of alkyl halides is 2. The summed E-state index contributed by atoms with van der Waals surface area (Å²) in [4.78, 5) is 0. The van der Waals surface area contributed by atoms with E-state index in [9.17, 15) is 8.78 Å². The van der Waals surface area contributed by atoms with Gasteiger partial charge in [0.25, 0.3) is 5.66 Å². The lowest BCUT2D eigenvalue weighted by Gasteiger charge is -2.12. The van der Waals surface area contributed by atoms with Gasteiger partial charge in [0, 0.05) is 12.1 Å². The predicted octanol–water partition coefficient (Wildman–Crippen LogP) is 2.21. The van der Waals surface area contributed by atoms with E-state index in [0.717, 1.165) is 0 Å². The third-order valence-electron chi connectivity index (χ3n) is 1.84. The van der Waals surface area contributed by atoms with Crippen molar-refractivity contribution < 1.29 is 13.5 Å². The number of hydrogen-bond donors (Lipinski definition) is 1. The highest BCUT2D eigenvalue weighted by molar-refractivity contribution is 7.17. The Balaban J connectivity index is 2.66. The van der Waals surface area contributed by atoms with Gasteiger partial charge >= 0.3 is 0 Å². The molecule has 0 saturated heterocycles. The highest BCUT2D eigenvalue weighted by Crippen LogP contribution is 2.35. The van der Waals surface area contributed by atoms with Crippen LogP contribution in [-0.2, 0) is 5.66 Å². The molecule has 0 amide bonds. The number of likely N-dealkylation sites (N-methyl/N-ethyl adjacent to an activating group) is 1. The molecule has 0 radical (unpaired) electrons. The molecule has 15 heavy (non-hydrogen) atoms. The third-order valence-corrected chi connectivity index (χ3v) is 2.17. The molecule has 0 bridgehead atoms. The van der Waals surface area contributed by atoms with E-state index in [0.29, 0.717) is 18.9 Å². The third kappa shape index (κ3) is 4.10. The van der Waals surface area contributed by atoms with Crippen LogP contribution in [0.3, 0.4) is 0 Å². The lowest BCUT2D eigenvalue weighted by atomic mass is 10.2. The van der Waals surface area contributed by atoms with Crippen LogP contribution in [0.4, 0.5) is 8.78 Å². The number of benzene rings is 1. The van der Waals surface area contributed by atoms with Gasteiger partial charge in [-0.05, 0) is 19.2 Å². The molecule has 84 valence electrons. The fourth-order valence-electron chi connectivity index (χ4n) is 1.06. The average molecular weight is 233 g/mol. The first-order valence-electron chi connectivity index (χ1n) is 4.58. The molecule has 0 fully saturated rings. The Morgan fingerprint density at radius 3 is 2.80 bits per heavy atom. The minimum absolute atomic E-state index is 0.0607. The van der Waals surface area contributed by atoms with E-state index in [1.807, 2.05) is 0 Å². The molecule has 1 unspecified atom stereocenters. The van der Waals surface area contributed by atoms with Crippen molar-refractivity contribution in [2.45, 2.75) is 5.66 Å². The number of nitrogens with one attached hydrogen (secondary N) is 1. The minimum Gasteiger partial charge on any atom is -0.492 e. The van der Waals surface area contributed by atoms with E-state index >= 15 is 0 Å². The van der Waals surface area contributed by atoms with E-state index < -0.39 is 5.66 Å². The summed E-state index contributed by atoms with van der Waals surface area (Å²) in [7, 11) is 3.31. The molecule has 1 rings (SSSR count).